The quantitative estimate of drug-likeness (QED) is 0.517. The molecule has 3 N–H and O–H groups in total. The number of anilines is 1. The molecule has 1 unspecified atom stereocenters. The van der Waals surface area contributed by atoms with Crippen LogP contribution in [-0.4, -0.2) is 58.6 Å². The van der Waals surface area contributed by atoms with Gasteiger partial charge in [-0.1, -0.05) is 12.1 Å². The second kappa shape index (κ2) is 7.57. The van der Waals surface area contributed by atoms with E-state index in [1.54, 1.807) is 23.7 Å². The third kappa shape index (κ3) is 2.88. The molecular weight excluding hydrogens is 416 g/mol. The van der Waals surface area contributed by atoms with E-state index in [2.05, 4.69) is 4.98 Å². The highest BCUT2D eigenvalue weighted by molar-refractivity contribution is 6.34. The van der Waals surface area contributed by atoms with Crippen molar-refractivity contribution in [2.45, 2.75) is 5.72 Å². The summed E-state index contributed by atoms with van der Waals surface area (Å²) in [6.07, 6.45) is 0. The molecule has 0 spiro atoms. The van der Waals surface area contributed by atoms with E-state index in [0.29, 0.717) is 17.0 Å². The number of aliphatic hydroxyl groups excluding tert-OH is 1. The lowest BCUT2D eigenvalue weighted by atomic mass is 10.1. The predicted molar refractivity (Wildman–Crippen MR) is 117 cm³/mol. The second-order valence-electron chi connectivity index (χ2n) is 7.13. The number of amidine groups is 1. The molecule has 0 amide bonds. The molecule has 3 aromatic rings. The number of carbonyl (C=O) groups excluding carboxylic acids is 1. The van der Waals surface area contributed by atoms with Gasteiger partial charge in [0.15, 0.2) is 5.76 Å². The molecule has 2 aromatic carbocycles. The normalized spacial score (nSPS) is 18.4. The molecule has 0 saturated heterocycles. The number of aliphatic hydroxyl groups is 2. The van der Waals surface area contributed by atoms with Gasteiger partial charge in [-0.25, -0.2) is 9.78 Å². The van der Waals surface area contributed by atoms with Crippen molar-refractivity contribution in [3.63, 3.8) is 0 Å². The second-order valence-corrected chi connectivity index (χ2v) is 7.13. The van der Waals surface area contributed by atoms with E-state index in [-0.39, 0.29) is 22.9 Å². The number of carbonyl (C=O) groups is 1. The highest BCUT2D eigenvalue weighted by Crippen LogP contribution is 2.43. The van der Waals surface area contributed by atoms with Gasteiger partial charge in [0, 0.05) is 25.2 Å². The Hall–Kier alpha value is -4.05. The third-order valence-electron chi connectivity index (χ3n) is 5.43. The molecule has 1 aliphatic heterocycles. The molecule has 4 rings (SSSR count). The molecule has 1 aliphatic rings. The number of imidazole rings is 1. The number of hydrogen-bond donors (Lipinski definition) is 3. The summed E-state index contributed by atoms with van der Waals surface area (Å²) >= 11 is 0. The minimum atomic E-state index is -2.70. The number of hydrogen-bond acceptors (Lipinski definition) is 8. The van der Waals surface area contributed by atoms with Crippen molar-refractivity contribution in [1.29, 1.82) is 5.41 Å². The van der Waals surface area contributed by atoms with Crippen LogP contribution in [0.15, 0.2) is 48.2 Å². The summed E-state index contributed by atoms with van der Waals surface area (Å²) in [7, 11) is 5.68. The van der Waals surface area contributed by atoms with Crippen LogP contribution in [0.2, 0.25) is 0 Å². The van der Waals surface area contributed by atoms with Gasteiger partial charge in [-0.3, -0.25) is 10.3 Å². The number of nitrogens with one attached hydrogen (secondary N) is 1. The summed E-state index contributed by atoms with van der Waals surface area (Å²) in [5.41, 5.74) is -1.27. The fraction of sp³-hybridized carbons (Fsp3) is 0.227. The Labute approximate surface area is 183 Å². The van der Waals surface area contributed by atoms with Crippen LogP contribution < -0.4 is 14.4 Å². The van der Waals surface area contributed by atoms with Crippen LogP contribution in [0.25, 0.3) is 16.6 Å². The van der Waals surface area contributed by atoms with E-state index in [1.165, 1.54) is 26.4 Å². The Morgan fingerprint density at radius 3 is 2.28 bits per heavy atom. The first-order valence-electron chi connectivity index (χ1n) is 9.56. The summed E-state index contributed by atoms with van der Waals surface area (Å²) in [6.45, 7) is 0. The largest absolute Gasteiger partial charge is 0.506 e. The average Bonchev–Trinajstić information content (AvgIpc) is 3.23. The summed E-state index contributed by atoms with van der Waals surface area (Å²) in [4.78, 5) is 18.2. The smallest absolute Gasteiger partial charge is 0.368 e. The minimum Gasteiger partial charge on any atom is -0.506 e. The number of ether oxygens (including phenoxy) is 3. The van der Waals surface area contributed by atoms with Gasteiger partial charge in [0.1, 0.15) is 28.7 Å². The highest BCUT2D eigenvalue weighted by Gasteiger charge is 2.58. The third-order valence-corrected chi connectivity index (χ3v) is 5.43. The van der Waals surface area contributed by atoms with Gasteiger partial charge in [-0.05, 0) is 12.1 Å². The van der Waals surface area contributed by atoms with Gasteiger partial charge in [-0.2, -0.15) is 0 Å². The highest BCUT2D eigenvalue weighted by atomic mass is 16.5. The molecule has 0 radical (unpaired) electrons. The van der Waals surface area contributed by atoms with Gasteiger partial charge < -0.3 is 29.0 Å². The van der Waals surface area contributed by atoms with Crippen molar-refractivity contribution in [2.24, 2.45) is 7.05 Å². The van der Waals surface area contributed by atoms with Gasteiger partial charge in [0.25, 0.3) is 0 Å². The van der Waals surface area contributed by atoms with Crippen LogP contribution in [0, 0.1) is 5.41 Å². The van der Waals surface area contributed by atoms with E-state index >= 15 is 0 Å². The van der Waals surface area contributed by atoms with Crippen molar-refractivity contribution in [2.75, 3.05) is 26.2 Å². The SMILES string of the molecule is COC(=O)C1(O)C(O)=C(c2nc3ccccc3n2C)C(=N)N1c1cc(OC)cc(OC)c1. The fourth-order valence-corrected chi connectivity index (χ4v) is 3.81. The summed E-state index contributed by atoms with van der Waals surface area (Å²) in [5, 5.41) is 31.3. The maximum atomic E-state index is 12.7. The summed E-state index contributed by atoms with van der Waals surface area (Å²) in [5.74, 6) is -1.38. The van der Waals surface area contributed by atoms with Gasteiger partial charge in [0.05, 0.1) is 38.1 Å². The lowest BCUT2D eigenvalue weighted by Crippen LogP contribution is -2.55. The number of rotatable bonds is 5. The Balaban J connectivity index is 1.97. The van der Waals surface area contributed by atoms with Crippen LogP contribution in [0.5, 0.6) is 11.5 Å². The predicted octanol–water partition coefficient (Wildman–Crippen LogP) is 2.22. The molecule has 10 nitrogen and oxygen atoms in total. The first kappa shape index (κ1) is 21.2. The van der Waals surface area contributed by atoms with Crippen LogP contribution >= 0.6 is 0 Å². The van der Waals surface area contributed by atoms with Crippen molar-refractivity contribution in [3.8, 4) is 11.5 Å². The van der Waals surface area contributed by atoms with E-state index in [0.717, 1.165) is 17.5 Å². The number of fused-ring (bicyclic) bond motifs is 1. The zero-order chi connectivity index (χ0) is 23.2. The standard InChI is InChI=1S/C22H22N4O6/c1-25-16-8-6-5-7-15(16)24-20(25)17-18(27)22(29,21(28)32-4)26(19(17)23)12-9-13(30-2)11-14(10-12)31-3/h5-11,23,27,29H,1-4H3. The van der Waals surface area contributed by atoms with Crippen molar-refractivity contribution in [3.05, 3.63) is 54.0 Å². The molecular formula is C22H22N4O6. The lowest BCUT2D eigenvalue weighted by molar-refractivity contribution is -0.159. The van der Waals surface area contributed by atoms with Crippen molar-refractivity contribution in [1.82, 2.24) is 9.55 Å². The van der Waals surface area contributed by atoms with Crippen molar-refractivity contribution >= 4 is 34.1 Å². The fourth-order valence-electron chi connectivity index (χ4n) is 3.81. The van der Waals surface area contributed by atoms with E-state index in [4.69, 9.17) is 19.6 Å². The number of nitrogens with zero attached hydrogens (tertiary/aromatic N) is 3. The molecule has 0 saturated carbocycles. The van der Waals surface area contributed by atoms with E-state index < -0.39 is 17.5 Å². The van der Waals surface area contributed by atoms with Crippen LogP contribution in [-0.2, 0) is 16.6 Å². The monoisotopic (exact) mass is 438 g/mol. The van der Waals surface area contributed by atoms with Crippen LogP contribution in [0.1, 0.15) is 5.82 Å². The first-order valence-corrected chi connectivity index (χ1v) is 9.56. The molecule has 166 valence electrons. The zero-order valence-corrected chi connectivity index (χ0v) is 17.9. The summed E-state index contributed by atoms with van der Waals surface area (Å²) in [6, 6.07) is 11.9. The van der Waals surface area contributed by atoms with Gasteiger partial charge in [-0.15, -0.1) is 0 Å². The topological polar surface area (TPSA) is 130 Å². The van der Waals surface area contributed by atoms with Gasteiger partial charge in [0.2, 0.25) is 0 Å². The Bertz CT molecular complexity index is 1260. The molecule has 1 atom stereocenters. The van der Waals surface area contributed by atoms with Crippen LogP contribution in [0.4, 0.5) is 5.69 Å². The molecule has 10 heteroatoms. The Morgan fingerprint density at radius 2 is 1.72 bits per heavy atom. The molecule has 0 bridgehead atoms. The first-order chi connectivity index (χ1) is 15.3. The Kier molecular flexibility index (Phi) is 5.02. The van der Waals surface area contributed by atoms with E-state index in [1.807, 2.05) is 18.2 Å². The van der Waals surface area contributed by atoms with Crippen LogP contribution in [0.3, 0.4) is 0 Å². The number of methoxy groups -OCH3 is 3. The lowest BCUT2D eigenvalue weighted by Gasteiger charge is -2.32. The molecule has 0 fully saturated rings. The average molecular weight is 438 g/mol. The number of benzene rings is 2. The molecule has 2 heterocycles. The number of aryl methyl sites for hydroxylation is 1. The molecule has 32 heavy (non-hydrogen) atoms. The zero-order valence-electron chi connectivity index (χ0n) is 17.9. The minimum absolute atomic E-state index is 0.113. The molecule has 0 aliphatic carbocycles. The maximum Gasteiger partial charge on any atom is 0.368 e. The number of aromatic nitrogens is 2. The van der Waals surface area contributed by atoms with E-state index in [9.17, 15) is 15.0 Å². The Morgan fingerprint density at radius 1 is 1.09 bits per heavy atom. The summed E-state index contributed by atoms with van der Waals surface area (Å²) < 4.78 is 17.0. The number of para-hydroxylation sites is 2. The van der Waals surface area contributed by atoms with Gasteiger partial charge >= 0.3 is 11.7 Å². The van der Waals surface area contributed by atoms with Crippen molar-refractivity contribution < 1.29 is 29.2 Å². The molecule has 1 aromatic heterocycles. The maximum absolute atomic E-state index is 12.7. The number of esters is 1.